The molecule has 200 valence electrons. The first kappa shape index (κ1) is 26.1. The fourth-order valence-electron chi connectivity index (χ4n) is 5.34. The van der Waals surface area contributed by atoms with Crippen LogP contribution in [0.5, 0.6) is 11.5 Å². The van der Waals surface area contributed by atoms with Crippen molar-refractivity contribution < 1.29 is 24.2 Å². The second-order valence-corrected chi connectivity index (χ2v) is 10.1. The molecule has 7 nitrogen and oxygen atoms in total. The van der Waals surface area contributed by atoms with Gasteiger partial charge in [-0.15, -0.1) is 0 Å². The summed E-state index contributed by atoms with van der Waals surface area (Å²) in [4.78, 5) is 32.0. The molecule has 1 saturated heterocycles. The normalized spacial score (nSPS) is 16.9. The van der Waals surface area contributed by atoms with Crippen molar-refractivity contribution in [2.75, 3.05) is 14.2 Å². The quantitative estimate of drug-likeness (QED) is 0.170. The number of likely N-dealkylation sites (tertiary alicyclic amines) is 1. The lowest BCUT2D eigenvalue weighted by Gasteiger charge is -2.25. The number of hydrogen-bond donors (Lipinski definition) is 2. The zero-order valence-corrected chi connectivity index (χ0v) is 22.7. The van der Waals surface area contributed by atoms with Crippen LogP contribution in [0.2, 0.25) is 0 Å². The summed E-state index contributed by atoms with van der Waals surface area (Å²) in [7, 11) is 3.21. The highest BCUT2D eigenvalue weighted by Gasteiger charge is 2.47. The van der Waals surface area contributed by atoms with Gasteiger partial charge in [-0.3, -0.25) is 9.59 Å². The number of fused-ring (bicyclic) bond motifs is 1. The van der Waals surface area contributed by atoms with Gasteiger partial charge in [-0.25, -0.2) is 0 Å². The number of hydrogen-bond acceptors (Lipinski definition) is 5. The van der Waals surface area contributed by atoms with Crippen molar-refractivity contribution in [3.05, 3.63) is 100 Å². The van der Waals surface area contributed by atoms with Crippen LogP contribution in [0.15, 0.2) is 72.4 Å². The summed E-state index contributed by atoms with van der Waals surface area (Å²) in [5.74, 6) is -0.0236. The molecular weight excluding hydrogens is 492 g/mol. The van der Waals surface area contributed by atoms with Gasteiger partial charge in [0.25, 0.3) is 11.7 Å². The Bertz CT molecular complexity index is 1600. The molecular formula is C32H32N2O5. The molecule has 1 unspecified atom stereocenters. The Morgan fingerprint density at radius 2 is 1.74 bits per heavy atom. The number of aliphatic hydroxyl groups is 1. The molecule has 1 fully saturated rings. The van der Waals surface area contributed by atoms with Gasteiger partial charge in [-0.05, 0) is 59.9 Å². The van der Waals surface area contributed by atoms with Gasteiger partial charge in [0.15, 0.2) is 0 Å². The van der Waals surface area contributed by atoms with Gasteiger partial charge in [0.1, 0.15) is 17.3 Å². The van der Waals surface area contributed by atoms with E-state index in [-0.39, 0.29) is 23.8 Å². The van der Waals surface area contributed by atoms with E-state index in [9.17, 15) is 14.7 Å². The Kier molecular flexibility index (Phi) is 6.91. The average molecular weight is 525 g/mol. The summed E-state index contributed by atoms with van der Waals surface area (Å²) in [5.41, 5.74) is 4.69. The zero-order valence-electron chi connectivity index (χ0n) is 22.7. The highest BCUT2D eigenvalue weighted by Crippen LogP contribution is 2.44. The fraction of sp³-hybridized carbons (Fsp3) is 0.250. The lowest BCUT2D eigenvalue weighted by Crippen LogP contribution is -2.29. The number of H-pyrrole nitrogens is 1. The lowest BCUT2D eigenvalue weighted by atomic mass is 9.91. The van der Waals surface area contributed by atoms with Crippen LogP contribution in [-0.4, -0.2) is 40.9 Å². The molecule has 3 aromatic carbocycles. The van der Waals surface area contributed by atoms with Crippen molar-refractivity contribution >= 4 is 28.4 Å². The van der Waals surface area contributed by atoms with Crippen LogP contribution < -0.4 is 9.47 Å². The Morgan fingerprint density at radius 1 is 1.03 bits per heavy atom. The molecule has 2 heterocycles. The number of rotatable bonds is 7. The van der Waals surface area contributed by atoms with Crippen LogP contribution in [-0.2, 0) is 16.1 Å². The van der Waals surface area contributed by atoms with E-state index in [4.69, 9.17) is 9.47 Å². The minimum atomic E-state index is -0.785. The zero-order chi connectivity index (χ0) is 27.8. The molecule has 1 aliphatic heterocycles. The van der Waals surface area contributed by atoms with E-state index in [1.54, 1.807) is 14.2 Å². The summed E-state index contributed by atoms with van der Waals surface area (Å²) in [6.07, 6.45) is 1.82. The van der Waals surface area contributed by atoms with Gasteiger partial charge < -0.3 is 24.5 Å². The van der Waals surface area contributed by atoms with Crippen molar-refractivity contribution in [3.8, 4) is 11.5 Å². The second kappa shape index (κ2) is 10.3. The molecule has 0 aliphatic carbocycles. The average Bonchev–Trinajstić information content (AvgIpc) is 3.47. The number of nitrogens with one attached hydrogen (secondary N) is 1. The molecule has 0 radical (unpaired) electrons. The summed E-state index contributed by atoms with van der Waals surface area (Å²) in [6, 6.07) is 18.0. The van der Waals surface area contributed by atoms with Crippen molar-refractivity contribution in [1.82, 2.24) is 9.88 Å². The number of para-hydroxylation sites is 1. The van der Waals surface area contributed by atoms with Gasteiger partial charge in [0.2, 0.25) is 0 Å². The van der Waals surface area contributed by atoms with Gasteiger partial charge >= 0.3 is 0 Å². The van der Waals surface area contributed by atoms with E-state index in [0.29, 0.717) is 17.1 Å². The number of aromatic nitrogens is 1. The molecule has 39 heavy (non-hydrogen) atoms. The maximum atomic E-state index is 13.7. The molecule has 1 aliphatic rings. The van der Waals surface area contributed by atoms with Gasteiger partial charge in [-0.2, -0.15) is 0 Å². The summed E-state index contributed by atoms with van der Waals surface area (Å²) in [6.45, 7) is 6.12. The largest absolute Gasteiger partial charge is 0.507 e. The number of aliphatic hydroxyl groups excluding tert-OH is 1. The number of nitrogens with zero attached hydrogens (tertiary/aromatic N) is 1. The number of methoxy groups -OCH3 is 2. The number of amides is 1. The maximum Gasteiger partial charge on any atom is 0.295 e. The predicted molar refractivity (Wildman–Crippen MR) is 151 cm³/mol. The maximum absolute atomic E-state index is 13.7. The Morgan fingerprint density at radius 3 is 2.41 bits per heavy atom. The Balaban J connectivity index is 1.71. The molecule has 4 aromatic rings. The first-order valence-electron chi connectivity index (χ1n) is 12.9. The van der Waals surface area contributed by atoms with Crippen LogP contribution >= 0.6 is 0 Å². The van der Waals surface area contributed by atoms with Gasteiger partial charge in [0, 0.05) is 34.8 Å². The summed E-state index contributed by atoms with van der Waals surface area (Å²) >= 11 is 0. The van der Waals surface area contributed by atoms with Crippen molar-refractivity contribution in [1.29, 1.82) is 0 Å². The number of ether oxygens (including phenoxy) is 2. The van der Waals surface area contributed by atoms with Crippen LogP contribution in [0.1, 0.15) is 53.6 Å². The first-order valence-corrected chi connectivity index (χ1v) is 12.9. The van der Waals surface area contributed by atoms with Gasteiger partial charge in [-0.1, -0.05) is 44.2 Å². The van der Waals surface area contributed by atoms with Gasteiger partial charge in [0.05, 0.1) is 25.8 Å². The minimum Gasteiger partial charge on any atom is -0.507 e. The lowest BCUT2D eigenvalue weighted by molar-refractivity contribution is -0.140. The van der Waals surface area contributed by atoms with E-state index in [1.807, 2.05) is 87.6 Å². The monoisotopic (exact) mass is 524 g/mol. The minimum absolute atomic E-state index is 0.0706. The van der Waals surface area contributed by atoms with E-state index in [1.165, 1.54) is 4.90 Å². The second-order valence-electron chi connectivity index (χ2n) is 10.1. The van der Waals surface area contributed by atoms with Crippen LogP contribution in [0.25, 0.3) is 16.7 Å². The van der Waals surface area contributed by atoms with E-state index < -0.39 is 17.7 Å². The topological polar surface area (TPSA) is 91.9 Å². The number of Topliss-reactive ketones (excluding diaryl/α,β-unsaturated/α-hetero) is 1. The number of aryl methyl sites for hydroxylation is 1. The van der Waals surface area contributed by atoms with Crippen LogP contribution in [0.4, 0.5) is 0 Å². The standard InChI is InChI=1S/C32H32N2O5/c1-18(2)23-15-24(19(3)14-27(23)39-5)30(35)28-29(25-16-33-26-9-7-6-8-22(25)26)34(32(37)31(28)36)17-20-10-12-21(38-4)13-11-20/h6-16,18,29,33,35H,17H2,1-5H3/b30-28+. The summed E-state index contributed by atoms with van der Waals surface area (Å²) < 4.78 is 10.8. The molecule has 0 bridgehead atoms. The third-order valence-corrected chi connectivity index (χ3v) is 7.42. The third kappa shape index (κ3) is 4.54. The SMILES string of the molecule is COc1ccc(CN2C(=O)C(=O)/C(=C(/O)c3cc(C(C)C)c(OC)cc3C)C2c2c[nH]c3ccccc23)cc1. The van der Waals surface area contributed by atoms with Crippen LogP contribution in [0.3, 0.4) is 0 Å². The third-order valence-electron chi connectivity index (χ3n) is 7.42. The smallest absolute Gasteiger partial charge is 0.295 e. The van der Waals surface area contributed by atoms with E-state index in [0.717, 1.165) is 33.2 Å². The Labute approximate surface area is 227 Å². The number of carbonyl (C=O) groups is 2. The molecule has 7 heteroatoms. The molecule has 1 amide bonds. The number of carbonyl (C=O) groups excluding carboxylic acids is 2. The number of ketones is 1. The summed E-state index contributed by atoms with van der Waals surface area (Å²) in [5, 5.41) is 12.6. The highest BCUT2D eigenvalue weighted by atomic mass is 16.5. The van der Waals surface area contributed by atoms with Crippen molar-refractivity contribution in [2.24, 2.45) is 0 Å². The molecule has 1 aromatic heterocycles. The van der Waals surface area contributed by atoms with Crippen LogP contribution in [0, 0.1) is 6.92 Å². The van der Waals surface area contributed by atoms with Crippen molar-refractivity contribution in [2.45, 2.75) is 39.3 Å². The predicted octanol–water partition coefficient (Wildman–Crippen LogP) is 6.24. The number of aromatic amines is 1. The molecule has 0 saturated carbocycles. The molecule has 5 rings (SSSR count). The van der Waals surface area contributed by atoms with Crippen molar-refractivity contribution in [3.63, 3.8) is 0 Å². The molecule has 1 atom stereocenters. The van der Waals surface area contributed by atoms with E-state index >= 15 is 0 Å². The number of benzene rings is 3. The molecule has 0 spiro atoms. The van der Waals surface area contributed by atoms with E-state index in [2.05, 4.69) is 4.98 Å². The molecule has 2 N–H and O–H groups in total. The Hall–Kier alpha value is -4.52. The highest BCUT2D eigenvalue weighted by molar-refractivity contribution is 6.46. The fourth-order valence-corrected chi connectivity index (χ4v) is 5.34. The first-order chi connectivity index (χ1) is 18.7.